The topological polar surface area (TPSA) is 58.6 Å². The van der Waals surface area contributed by atoms with Gasteiger partial charge >= 0.3 is 0 Å². The molecule has 3 rings (SSSR count). The number of hydrogen-bond acceptors (Lipinski definition) is 3. The summed E-state index contributed by atoms with van der Waals surface area (Å²) < 4.78 is 6.60. The van der Waals surface area contributed by atoms with Gasteiger partial charge in [0.1, 0.15) is 11.8 Å². The highest BCUT2D eigenvalue weighted by atomic mass is 79.9. The second-order valence-corrected chi connectivity index (χ2v) is 10.1. The van der Waals surface area contributed by atoms with E-state index in [1.807, 2.05) is 75.4 Å². The summed E-state index contributed by atoms with van der Waals surface area (Å²) in [5, 5.41) is 3.38. The summed E-state index contributed by atoms with van der Waals surface area (Å²) in [4.78, 5) is 28.5. The summed E-state index contributed by atoms with van der Waals surface area (Å²) in [5.41, 5.74) is 2.99. The highest BCUT2D eigenvalue weighted by Gasteiger charge is 2.31. The number of halogens is 2. The van der Waals surface area contributed by atoms with Crippen molar-refractivity contribution in [3.8, 4) is 5.75 Å². The quantitative estimate of drug-likeness (QED) is 0.335. The molecule has 3 aromatic carbocycles. The van der Waals surface area contributed by atoms with Gasteiger partial charge in [-0.05, 0) is 50.1 Å². The zero-order valence-electron chi connectivity index (χ0n) is 20.1. The SMILES string of the molecule is Cc1cccc(CN(C(=O)COc2ccc(Br)cc2Cl)C(Cc2ccccc2)C(=O)NC(C)C)c1. The van der Waals surface area contributed by atoms with Gasteiger partial charge in [0.05, 0.1) is 5.02 Å². The Bertz CT molecular complexity index is 1150. The van der Waals surface area contributed by atoms with E-state index in [1.165, 1.54) is 0 Å². The van der Waals surface area contributed by atoms with Crippen molar-refractivity contribution in [2.45, 2.75) is 45.8 Å². The van der Waals surface area contributed by atoms with E-state index in [1.54, 1.807) is 23.1 Å². The largest absolute Gasteiger partial charge is 0.482 e. The molecule has 0 saturated carbocycles. The molecule has 1 N–H and O–H groups in total. The fourth-order valence-corrected chi connectivity index (χ4v) is 4.48. The van der Waals surface area contributed by atoms with Crippen LogP contribution in [0.15, 0.2) is 77.3 Å². The lowest BCUT2D eigenvalue weighted by Gasteiger charge is -2.32. The van der Waals surface area contributed by atoms with Crippen LogP contribution in [-0.4, -0.2) is 35.4 Å². The van der Waals surface area contributed by atoms with Gasteiger partial charge in [-0.2, -0.15) is 0 Å². The van der Waals surface area contributed by atoms with E-state index in [-0.39, 0.29) is 31.0 Å². The zero-order valence-corrected chi connectivity index (χ0v) is 22.5. The molecule has 0 bridgehead atoms. The number of ether oxygens (including phenoxy) is 1. The van der Waals surface area contributed by atoms with Crippen LogP contribution in [0.1, 0.15) is 30.5 Å². The first-order valence-corrected chi connectivity index (χ1v) is 12.7. The number of carbonyl (C=O) groups is 2. The predicted octanol–water partition coefficient (Wildman–Crippen LogP) is 5.95. The Hall–Kier alpha value is -2.83. The molecule has 3 aromatic rings. The second-order valence-electron chi connectivity index (χ2n) is 8.74. The highest BCUT2D eigenvalue weighted by molar-refractivity contribution is 9.10. The average molecular weight is 558 g/mol. The number of aryl methyl sites for hydroxylation is 1. The van der Waals surface area contributed by atoms with Crippen LogP contribution in [0.25, 0.3) is 0 Å². The maximum Gasteiger partial charge on any atom is 0.261 e. The number of amides is 2. The van der Waals surface area contributed by atoms with Crippen LogP contribution < -0.4 is 10.1 Å². The standard InChI is InChI=1S/C28H30BrClN2O3/c1-19(2)31-28(34)25(15-21-9-5-4-6-10-21)32(17-22-11-7-8-20(3)14-22)27(33)18-35-26-13-12-23(29)16-24(26)30/h4-14,16,19,25H,15,17-18H2,1-3H3,(H,31,34). The van der Waals surface area contributed by atoms with Gasteiger partial charge in [0, 0.05) is 23.5 Å². The van der Waals surface area contributed by atoms with Crippen LogP contribution in [0.3, 0.4) is 0 Å². The molecular weight excluding hydrogens is 528 g/mol. The van der Waals surface area contributed by atoms with E-state index >= 15 is 0 Å². The third kappa shape index (κ3) is 8.11. The van der Waals surface area contributed by atoms with Gasteiger partial charge in [0.15, 0.2) is 6.61 Å². The molecule has 184 valence electrons. The maximum absolute atomic E-state index is 13.6. The monoisotopic (exact) mass is 556 g/mol. The summed E-state index contributed by atoms with van der Waals surface area (Å²) >= 11 is 9.64. The van der Waals surface area contributed by atoms with Crippen LogP contribution in [0.5, 0.6) is 5.75 Å². The number of nitrogens with one attached hydrogen (secondary N) is 1. The predicted molar refractivity (Wildman–Crippen MR) is 144 cm³/mol. The molecule has 1 atom stereocenters. The van der Waals surface area contributed by atoms with E-state index < -0.39 is 6.04 Å². The third-order valence-electron chi connectivity index (χ3n) is 5.38. The molecule has 0 spiro atoms. The van der Waals surface area contributed by atoms with E-state index in [4.69, 9.17) is 16.3 Å². The molecule has 5 nitrogen and oxygen atoms in total. The van der Waals surface area contributed by atoms with Gasteiger partial charge in [-0.25, -0.2) is 0 Å². The van der Waals surface area contributed by atoms with Crippen LogP contribution in [-0.2, 0) is 22.6 Å². The van der Waals surface area contributed by atoms with Crippen molar-refractivity contribution in [1.82, 2.24) is 10.2 Å². The zero-order chi connectivity index (χ0) is 25.4. The average Bonchev–Trinajstić information content (AvgIpc) is 2.81. The smallest absolute Gasteiger partial charge is 0.261 e. The van der Waals surface area contributed by atoms with Gasteiger partial charge in [0.25, 0.3) is 5.91 Å². The Balaban J connectivity index is 1.92. The van der Waals surface area contributed by atoms with E-state index in [9.17, 15) is 9.59 Å². The number of rotatable bonds is 10. The number of carbonyl (C=O) groups excluding carboxylic acids is 2. The molecule has 0 fully saturated rings. The molecule has 0 saturated heterocycles. The summed E-state index contributed by atoms with van der Waals surface area (Å²) in [7, 11) is 0. The minimum Gasteiger partial charge on any atom is -0.482 e. The van der Waals surface area contributed by atoms with Gasteiger partial charge in [-0.1, -0.05) is 87.7 Å². The van der Waals surface area contributed by atoms with Crippen molar-refractivity contribution in [2.24, 2.45) is 0 Å². The van der Waals surface area contributed by atoms with Crippen LogP contribution >= 0.6 is 27.5 Å². The van der Waals surface area contributed by atoms with Crippen LogP contribution in [0.2, 0.25) is 5.02 Å². The molecule has 7 heteroatoms. The maximum atomic E-state index is 13.6. The van der Waals surface area contributed by atoms with Crippen molar-refractivity contribution < 1.29 is 14.3 Å². The van der Waals surface area contributed by atoms with Gasteiger partial charge in [0.2, 0.25) is 5.91 Å². The lowest BCUT2D eigenvalue weighted by atomic mass is 10.0. The highest BCUT2D eigenvalue weighted by Crippen LogP contribution is 2.28. The lowest BCUT2D eigenvalue weighted by molar-refractivity contribution is -0.143. The molecule has 0 aromatic heterocycles. The van der Waals surface area contributed by atoms with Crippen molar-refractivity contribution in [3.05, 3.63) is 99.0 Å². The molecule has 0 aliphatic rings. The van der Waals surface area contributed by atoms with Crippen LogP contribution in [0.4, 0.5) is 0 Å². The Labute approximate surface area is 220 Å². The lowest BCUT2D eigenvalue weighted by Crippen LogP contribution is -2.52. The van der Waals surface area contributed by atoms with E-state index in [0.717, 1.165) is 21.2 Å². The van der Waals surface area contributed by atoms with E-state index in [0.29, 0.717) is 17.2 Å². The molecule has 0 heterocycles. The van der Waals surface area contributed by atoms with Crippen molar-refractivity contribution in [2.75, 3.05) is 6.61 Å². The van der Waals surface area contributed by atoms with Crippen molar-refractivity contribution in [3.63, 3.8) is 0 Å². The molecule has 1 unspecified atom stereocenters. The fourth-order valence-electron chi connectivity index (χ4n) is 3.76. The number of nitrogens with zero attached hydrogens (tertiary/aromatic N) is 1. The molecule has 2 amide bonds. The fraction of sp³-hybridized carbons (Fsp3) is 0.286. The number of benzene rings is 3. The minimum atomic E-state index is -0.711. The van der Waals surface area contributed by atoms with Crippen molar-refractivity contribution >= 4 is 39.3 Å². The Morgan fingerprint density at radius 3 is 2.37 bits per heavy atom. The first-order valence-electron chi connectivity index (χ1n) is 11.5. The van der Waals surface area contributed by atoms with Crippen molar-refractivity contribution in [1.29, 1.82) is 0 Å². The Morgan fingerprint density at radius 2 is 1.71 bits per heavy atom. The molecular formula is C28H30BrClN2O3. The molecule has 35 heavy (non-hydrogen) atoms. The summed E-state index contributed by atoms with van der Waals surface area (Å²) in [6.45, 7) is 5.85. The summed E-state index contributed by atoms with van der Waals surface area (Å²) in [6, 6.07) is 22.1. The van der Waals surface area contributed by atoms with E-state index in [2.05, 4.69) is 21.2 Å². The molecule has 0 radical (unpaired) electrons. The normalized spacial score (nSPS) is 11.7. The van der Waals surface area contributed by atoms with Crippen LogP contribution in [0, 0.1) is 6.92 Å². The first kappa shape index (κ1) is 26.8. The third-order valence-corrected chi connectivity index (χ3v) is 6.17. The second kappa shape index (κ2) is 12.8. The Kier molecular flexibility index (Phi) is 9.75. The molecule has 0 aliphatic heterocycles. The molecule has 0 aliphatic carbocycles. The van der Waals surface area contributed by atoms with Gasteiger partial charge in [-0.3, -0.25) is 9.59 Å². The summed E-state index contributed by atoms with van der Waals surface area (Å²) in [5.74, 6) is -0.0955. The summed E-state index contributed by atoms with van der Waals surface area (Å²) in [6.07, 6.45) is 0.385. The first-order chi connectivity index (χ1) is 16.7. The van der Waals surface area contributed by atoms with Gasteiger partial charge < -0.3 is 15.0 Å². The Morgan fingerprint density at radius 1 is 1.00 bits per heavy atom. The van der Waals surface area contributed by atoms with Gasteiger partial charge in [-0.15, -0.1) is 0 Å². The minimum absolute atomic E-state index is 0.0606. The number of hydrogen-bond donors (Lipinski definition) is 1.